The normalized spacial score (nSPS) is 11.7. The fourth-order valence-electron chi connectivity index (χ4n) is 7.11. The number of aromatic nitrogens is 3. The molecule has 302 valence electrons. The first-order valence-corrected chi connectivity index (χ1v) is 20.7. The summed E-state index contributed by atoms with van der Waals surface area (Å²) >= 11 is 0. The van der Waals surface area contributed by atoms with E-state index in [1.807, 2.05) is 54.7 Å². The van der Waals surface area contributed by atoms with Gasteiger partial charge in [-0.05, 0) is 60.4 Å². The molecule has 0 aliphatic heterocycles. The van der Waals surface area contributed by atoms with Crippen molar-refractivity contribution in [3.63, 3.8) is 0 Å². The van der Waals surface area contributed by atoms with E-state index in [1.54, 1.807) is 59.9 Å². The summed E-state index contributed by atoms with van der Waals surface area (Å²) in [5, 5.41) is 9.94. The quantitative estimate of drug-likeness (QED) is 0.0481. The molecule has 3 heterocycles. The van der Waals surface area contributed by atoms with Crippen LogP contribution in [0.5, 0.6) is 0 Å². The summed E-state index contributed by atoms with van der Waals surface area (Å²) < 4.78 is 4.24. The van der Waals surface area contributed by atoms with Crippen LogP contribution in [0.1, 0.15) is 120 Å². The first kappa shape index (κ1) is 42.7. The van der Waals surface area contributed by atoms with E-state index in [1.165, 1.54) is 70.6 Å². The minimum Gasteiger partial charge on any atom is -0.345 e. The van der Waals surface area contributed by atoms with Gasteiger partial charge in [0.2, 0.25) is 0 Å². The second kappa shape index (κ2) is 21.2. The number of hydrogen-bond acceptors (Lipinski definition) is 4. The Balaban J connectivity index is 1.03. The third kappa shape index (κ3) is 13.3. The zero-order valence-corrected chi connectivity index (χ0v) is 34.7. The maximum atomic E-state index is 13.3. The van der Waals surface area contributed by atoms with Crippen molar-refractivity contribution < 1.29 is 18.9 Å². The highest BCUT2D eigenvalue weighted by Gasteiger charge is 2.19. The molecule has 0 radical (unpaired) electrons. The van der Waals surface area contributed by atoms with Gasteiger partial charge in [0.1, 0.15) is 11.4 Å². The number of unbranched alkanes of at least 4 members (excludes halogenated alkanes) is 10. The highest BCUT2D eigenvalue weighted by molar-refractivity contribution is 6.07. The molecule has 5 rings (SSSR count). The number of carbonyl (C=O) groups is 3. The van der Waals surface area contributed by atoms with Gasteiger partial charge in [0.05, 0.1) is 50.6 Å². The van der Waals surface area contributed by atoms with Crippen LogP contribution in [0.3, 0.4) is 0 Å². The largest absolute Gasteiger partial charge is 0.345 e. The van der Waals surface area contributed by atoms with Crippen molar-refractivity contribution in [3.05, 3.63) is 113 Å². The van der Waals surface area contributed by atoms with Gasteiger partial charge in [-0.3, -0.25) is 19.4 Å². The molecule has 10 nitrogen and oxygen atoms in total. The predicted octanol–water partition coefficient (Wildman–Crippen LogP) is 9.70. The third-order valence-corrected chi connectivity index (χ3v) is 10.6. The van der Waals surface area contributed by atoms with E-state index in [0.29, 0.717) is 34.9 Å². The Kier molecular flexibility index (Phi) is 15.8. The second-order valence-corrected chi connectivity index (χ2v) is 15.9. The van der Waals surface area contributed by atoms with Crippen molar-refractivity contribution in [1.29, 1.82) is 0 Å². The second-order valence-electron chi connectivity index (χ2n) is 15.9. The molecule has 0 aliphatic carbocycles. The minimum atomic E-state index is -0.352. The van der Waals surface area contributed by atoms with Crippen molar-refractivity contribution in [1.82, 2.24) is 19.4 Å². The maximum absolute atomic E-state index is 13.3. The fraction of sp³-hybridized carbons (Fsp3) is 0.404. The lowest BCUT2D eigenvalue weighted by Gasteiger charge is -2.30. The number of fused-ring (bicyclic) bond motifs is 1. The van der Waals surface area contributed by atoms with Crippen molar-refractivity contribution in [2.75, 3.05) is 44.4 Å². The topological polar surface area (TPSA) is 110 Å². The van der Waals surface area contributed by atoms with Gasteiger partial charge in [-0.1, -0.05) is 107 Å². The molecule has 10 heteroatoms. The number of anilines is 2. The first-order valence-electron chi connectivity index (χ1n) is 20.7. The maximum Gasteiger partial charge on any atom is 0.272 e. The van der Waals surface area contributed by atoms with Crippen LogP contribution < -0.4 is 16.0 Å². The van der Waals surface area contributed by atoms with Gasteiger partial charge < -0.3 is 29.6 Å². The number of nitrogens with zero attached hydrogens (tertiary/aromatic N) is 4. The standard InChI is InChI=1S/C47H61N7O3/c1-6-7-8-9-10-11-12-13-14-15-18-28-54(4,5)29-27-48-46(56)43-31-41(35-52(43)2)51-47(57)44-32-40(34-53(44)3)50-45(55)38-25-23-36(24-26-38)21-22-37-30-39-19-16-17-20-42(39)49-33-37/h16-17,19-26,30-35H,6-15,18,27-29H2,1-5H3,(H2-,48,50,51,55,56,57)/p+1/b22-21+. The van der Waals surface area contributed by atoms with Crippen molar-refractivity contribution in [3.8, 4) is 0 Å². The zero-order valence-electron chi connectivity index (χ0n) is 34.7. The molecule has 3 aromatic heterocycles. The van der Waals surface area contributed by atoms with Crippen LogP contribution in [0.2, 0.25) is 0 Å². The summed E-state index contributed by atoms with van der Waals surface area (Å²) in [5.74, 6) is -0.811. The average Bonchev–Trinajstić information content (AvgIpc) is 3.76. The molecule has 57 heavy (non-hydrogen) atoms. The summed E-state index contributed by atoms with van der Waals surface area (Å²) in [6.07, 6.45) is 23.9. The summed E-state index contributed by atoms with van der Waals surface area (Å²) in [7, 11) is 7.99. The number of quaternary nitrogens is 1. The van der Waals surface area contributed by atoms with Crippen LogP contribution in [0, 0.1) is 0 Å². The van der Waals surface area contributed by atoms with Crippen LogP contribution in [0.25, 0.3) is 23.1 Å². The third-order valence-electron chi connectivity index (χ3n) is 10.6. The van der Waals surface area contributed by atoms with Gasteiger partial charge >= 0.3 is 0 Å². The Morgan fingerprint density at radius 3 is 1.86 bits per heavy atom. The number of likely N-dealkylation sites (N-methyl/N-ethyl adjacent to an activating group) is 1. The smallest absolute Gasteiger partial charge is 0.272 e. The Morgan fingerprint density at radius 2 is 1.21 bits per heavy atom. The first-order chi connectivity index (χ1) is 27.5. The summed E-state index contributed by atoms with van der Waals surface area (Å²) in [6.45, 7) is 4.77. The van der Waals surface area contributed by atoms with E-state index in [0.717, 1.165) is 39.6 Å². The molecule has 0 saturated carbocycles. The van der Waals surface area contributed by atoms with Gasteiger partial charge in [0.15, 0.2) is 0 Å². The molecular formula is C47H62N7O3+. The highest BCUT2D eigenvalue weighted by atomic mass is 16.2. The number of carbonyl (C=O) groups excluding carboxylic acids is 3. The molecule has 0 unspecified atom stereocenters. The van der Waals surface area contributed by atoms with Crippen LogP contribution in [-0.4, -0.2) is 70.1 Å². The lowest BCUT2D eigenvalue weighted by Crippen LogP contribution is -2.46. The van der Waals surface area contributed by atoms with Crippen molar-refractivity contribution >= 4 is 52.2 Å². The average molecular weight is 773 g/mol. The zero-order chi connectivity index (χ0) is 40.6. The lowest BCUT2D eigenvalue weighted by atomic mass is 10.1. The van der Waals surface area contributed by atoms with Gasteiger partial charge in [0, 0.05) is 43.6 Å². The van der Waals surface area contributed by atoms with E-state index in [4.69, 9.17) is 0 Å². The van der Waals surface area contributed by atoms with E-state index in [2.05, 4.69) is 48.0 Å². The van der Waals surface area contributed by atoms with Gasteiger partial charge in [-0.15, -0.1) is 0 Å². The predicted molar refractivity (Wildman–Crippen MR) is 234 cm³/mol. The van der Waals surface area contributed by atoms with Crippen LogP contribution in [-0.2, 0) is 14.1 Å². The fourth-order valence-corrected chi connectivity index (χ4v) is 7.11. The molecule has 0 bridgehead atoms. The lowest BCUT2D eigenvalue weighted by molar-refractivity contribution is -0.889. The summed E-state index contributed by atoms with van der Waals surface area (Å²) in [5.41, 5.74) is 5.23. The molecular weight excluding hydrogens is 711 g/mol. The highest BCUT2D eigenvalue weighted by Crippen LogP contribution is 2.20. The number of nitrogens with one attached hydrogen (secondary N) is 3. The van der Waals surface area contributed by atoms with Crippen LogP contribution in [0.15, 0.2) is 85.3 Å². The molecule has 0 atom stereocenters. The molecule has 0 saturated heterocycles. The Morgan fingerprint density at radius 1 is 0.649 bits per heavy atom. The van der Waals surface area contributed by atoms with E-state index < -0.39 is 0 Å². The Hall–Kier alpha value is -5.48. The molecule has 5 aromatic rings. The number of pyridine rings is 1. The van der Waals surface area contributed by atoms with Crippen LogP contribution >= 0.6 is 0 Å². The molecule has 3 N–H and O–H groups in total. The van der Waals surface area contributed by atoms with E-state index in [9.17, 15) is 14.4 Å². The SMILES string of the molecule is CCCCCCCCCCCCC[N+](C)(C)CCNC(=O)c1cc(NC(=O)c2cc(NC(=O)c3ccc(/C=C/c4cnc5ccccc5c4)cc3)cn2C)cn1C. The molecule has 2 aromatic carbocycles. The number of para-hydroxylation sites is 1. The van der Waals surface area contributed by atoms with Crippen molar-refractivity contribution in [2.45, 2.75) is 77.6 Å². The van der Waals surface area contributed by atoms with Crippen molar-refractivity contribution in [2.24, 2.45) is 14.1 Å². The van der Waals surface area contributed by atoms with Gasteiger partial charge in [-0.2, -0.15) is 0 Å². The minimum absolute atomic E-state index is 0.178. The molecule has 0 spiro atoms. The number of hydrogen-bond donors (Lipinski definition) is 3. The number of rotatable bonds is 22. The van der Waals surface area contributed by atoms with Gasteiger partial charge in [-0.25, -0.2) is 0 Å². The number of amides is 3. The molecule has 3 amide bonds. The summed E-state index contributed by atoms with van der Waals surface area (Å²) in [4.78, 5) is 44.0. The summed E-state index contributed by atoms with van der Waals surface area (Å²) in [6, 6.07) is 20.7. The van der Waals surface area contributed by atoms with E-state index in [-0.39, 0.29) is 17.7 Å². The monoisotopic (exact) mass is 772 g/mol. The van der Waals surface area contributed by atoms with E-state index >= 15 is 0 Å². The van der Waals surface area contributed by atoms with Gasteiger partial charge in [0.25, 0.3) is 17.7 Å². The number of benzene rings is 2. The molecule has 0 fully saturated rings. The Labute approximate surface area is 339 Å². The number of aryl methyl sites for hydroxylation is 2. The Bertz CT molecular complexity index is 2110. The van der Waals surface area contributed by atoms with Crippen LogP contribution in [0.4, 0.5) is 11.4 Å². The molecule has 0 aliphatic rings.